The standard InChI is InChI=1S/C13H17N2O8P/c16-12(17)6-5-8(13(18)19)11(24(22)23)7-14-9-3-1-2-4-10(9)15(20)21/h1-4,8,11,14,24H,5-7H2,(H,16,17)(H,18,19)(H,22,23). The van der Waals surface area contributed by atoms with Crippen LogP contribution in [0, 0.1) is 16.0 Å². The summed E-state index contributed by atoms with van der Waals surface area (Å²) in [6.45, 7) is -0.310. The lowest BCUT2D eigenvalue weighted by atomic mass is 9.99. The minimum atomic E-state index is -3.32. The van der Waals surface area contributed by atoms with Crippen LogP contribution in [-0.4, -0.2) is 44.2 Å². The molecule has 0 saturated heterocycles. The molecule has 11 heteroatoms. The summed E-state index contributed by atoms with van der Waals surface area (Å²) in [4.78, 5) is 41.6. The molecule has 3 atom stereocenters. The summed E-state index contributed by atoms with van der Waals surface area (Å²) in [6, 6.07) is 5.59. The molecule has 0 radical (unpaired) electrons. The predicted octanol–water partition coefficient (Wildman–Crippen LogP) is 1.41. The van der Waals surface area contributed by atoms with Crippen LogP contribution in [-0.2, 0) is 14.2 Å². The first-order valence-corrected chi connectivity index (χ1v) is 8.32. The molecule has 1 aromatic carbocycles. The van der Waals surface area contributed by atoms with Gasteiger partial charge in [-0.25, -0.2) is 0 Å². The Morgan fingerprint density at radius 2 is 1.92 bits per heavy atom. The van der Waals surface area contributed by atoms with Crippen LogP contribution in [0.25, 0.3) is 0 Å². The Bertz CT molecular complexity index is 651. The molecule has 0 aliphatic carbocycles. The number of nitrogens with zero attached hydrogens (tertiary/aromatic N) is 1. The van der Waals surface area contributed by atoms with Crippen LogP contribution in [0.4, 0.5) is 11.4 Å². The van der Waals surface area contributed by atoms with E-state index in [4.69, 9.17) is 5.11 Å². The summed E-state index contributed by atoms with van der Waals surface area (Å²) in [5, 5.41) is 31.4. The van der Waals surface area contributed by atoms with Crippen molar-refractivity contribution in [1.29, 1.82) is 0 Å². The number of aliphatic carboxylic acids is 2. The van der Waals surface area contributed by atoms with E-state index < -0.39 is 42.9 Å². The van der Waals surface area contributed by atoms with Crippen molar-refractivity contribution in [3.63, 3.8) is 0 Å². The normalized spacial score (nSPS) is 14.4. The second-order valence-corrected chi connectivity index (χ2v) is 6.40. The van der Waals surface area contributed by atoms with Gasteiger partial charge in [0.25, 0.3) is 5.69 Å². The van der Waals surface area contributed by atoms with E-state index in [1.165, 1.54) is 24.3 Å². The average Bonchev–Trinajstić information content (AvgIpc) is 2.49. The largest absolute Gasteiger partial charge is 0.481 e. The van der Waals surface area contributed by atoms with E-state index in [0.29, 0.717) is 0 Å². The highest BCUT2D eigenvalue weighted by Gasteiger charge is 2.32. The molecule has 10 nitrogen and oxygen atoms in total. The third kappa shape index (κ3) is 5.64. The molecule has 0 aliphatic rings. The van der Waals surface area contributed by atoms with Crippen molar-refractivity contribution in [3.8, 4) is 0 Å². The Morgan fingerprint density at radius 3 is 2.42 bits per heavy atom. The van der Waals surface area contributed by atoms with Gasteiger partial charge in [0.2, 0.25) is 0 Å². The van der Waals surface area contributed by atoms with Crippen LogP contribution < -0.4 is 5.32 Å². The first-order valence-electron chi connectivity index (χ1n) is 6.88. The molecule has 0 amide bonds. The van der Waals surface area contributed by atoms with Gasteiger partial charge >= 0.3 is 11.9 Å². The zero-order valence-corrected chi connectivity index (χ0v) is 13.4. The molecule has 1 rings (SSSR count). The average molecular weight is 360 g/mol. The third-order valence-corrected chi connectivity index (χ3v) is 4.64. The van der Waals surface area contributed by atoms with Gasteiger partial charge in [-0.2, -0.15) is 0 Å². The molecule has 0 spiro atoms. The number of carboxylic acids is 2. The van der Waals surface area contributed by atoms with Crippen molar-refractivity contribution in [2.24, 2.45) is 5.92 Å². The van der Waals surface area contributed by atoms with E-state index in [9.17, 15) is 34.3 Å². The van der Waals surface area contributed by atoms with E-state index in [0.717, 1.165) is 0 Å². The Balaban J connectivity index is 2.93. The second kappa shape index (κ2) is 8.99. The monoisotopic (exact) mass is 360 g/mol. The SMILES string of the molecule is O=C(O)CCC(C(=O)O)C(CNc1ccccc1[N+](=O)[O-])[PH](=O)O. The first kappa shape index (κ1) is 19.6. The topological polar surface area (TPSA) is 167 Å². The van der Waals surface area contributed by atoms with E-state index in [2.05, 4.69) is 5.32 Å². The highest BCUT2D eigenvalue weighted by Crippen LogP contribution is 2.33. The molecule has 0 aromatic heterocycles. The van der Waals surface area contributed by atoms with Crippen molar-refractivity contribution in [1.82, 2.24) is 0 Å². The molecule has 0 bridgehead atoms. The van der Waals surface area contributed by atoms with Crippen LogP contribution in [0.2, 0.25) is 0 Å². The summed E-state index contributed by atoms with van der Waals surface area (Å²) >= 11 is 0. The van der Waals surface area contributed by atoms with Gasteiger partial charge in [0.05, 0.1) is 16.5 Å². The molecule has 4 N–H and O–H groups in total. The van der Waals surface area contributed by atoms with Gasteiger partial charge in [0.15, 0.2) is 8.03 Å². The van der Waals surface area contributed by atoms with Crippen molar-refractivity contribution in [3.05, 3.63) is 34.4 Å². The summed E-state index contributed by atoms with van der Waals surface area (Å²) in [6.07, 6.45) is -0.779. The van der Waals surface area contributed by atoms with E-state index in [1.807, 2.05) is 0 Å². The lowest BCUT2D eigenvalue weighted by Crippen LogP contribution is -2.32. The van der Waals surface area contributed by atoms with E-state index in [1.54, 1.807) is 0 Å². The lowest BCUT2D eigenvalue weighted by molar-refractivity contribution is -0.384. The minimum Gasteiger partial charge on any atom is -0.481 e. The van der Waals surface area contributed by atoms with Crippen LogP contribution in [0.15, 0.2) is 24.3 Å². The van der Waals surface area contributed by atoms with Crippen LogP contribution >= 0.6 is 8.03 Å². The Morgan fingerprint density at radius 1 is 1.29 bits per heavy atom. The van der Waals surface area contributed by atoms with Gasteiger partial charge in [-0.05, 0) is 12.5 Å². The van der Waals surface area contributed by atoms with Gasteiger partial charge in [0.1, 0.15) is 5.69 Å². The van der Waals surface area contributed by atoms with Crippen molar-refractivity contribution < 1.29 is 34.2 Å². The second-order valence-electron chi connectivity index (χ2n) is 4.98. The van der Waals surface area contributed by atoms with E-state index in [-0.39, 0.29) is 24.3 Å². The fourth-order valence-corrected chi connectivity index (χ4v) is 3.11. The molecule has 132 valence electrons. The number of benzene rings is 1. The number of carboxylic acid groups (broad SMARTS) is 2. The summed E-state index contributed by atoms with van der Waals surface area (Å²) in [5.74, 6) is -3.96. The minimum absolute atomic E-state index is 0.0816. The molecule has 0 fully saturated rings. The number of nitro groups is 1. The molecule has 0 aliphatic heterocycles. The van der Waals surface area contributed by atoms with Gasteiger partial charge < -0.3 is 20.4 Å². The number of para-hydroxylation sites is 2. The molecule has 0 heterocycles. The fourth-order valence-electron chi connectivity index (χ4n) is 2.18. The number of nitrogens with one attached hydrogen (secondary N) is 1. The number of rotatable bonds is 10. The van der Waals surface area contributed by atoms with Gasteiger partial charge in [-0.1, -0.05) is 12.1 Å². The number of nitro benzene ring substituents is 1. The maximum atomic E-state index is 11.5. The van der Waals surface area contributed by atoms with Crippen LogP contribution in [0.3, 0.4) is 0 Å². The summed E-state index contributed by atoms with van der Waals surface area (Å²) in [5.41, 5.74) is -1.43. The third-order valence-electron chi connectivity index (χ3n) is 3.40. The van der Waals surface area contributed by atoms with Crippen LogP contribution in [0.5, 0.6) is 0 Å². The Kier molecular flexibility index (Phi) is 7.34. The molecular formula is C13H17N2O8P. The highest BCUT2D eigenvalue weighted by atomic mass is 31.1. The quantitative estimate of drug-likeness (QED) is 0.274. The van der Waals surface area contributed by atoms with Crippen molar-refractivity contribution >= 4 is 31.3 Å². The van der Waals surface area contributed by atoms with Crippen molar-refractivity contribution in [2.45, 2.75) is 18.5 Å². The zero-order chi connectivity index (χ0) is 18.3. The van der Waals surface area contributed by atoms with E-state index >= 15 is 0 Å². The Hall–Kier alpha value is -2.45. The molecule has 3 unspecified atom stereocenters. The van der Waals surface area contributed by atoms with Gasteiger partial charge in [-0.15, -0.1) is 0 Å². The zero-order valence-electron chi connectivity index (χ0n) is 12.4. The lowest BCUT2D eigenvalue weighted by Gasteiger charge is -2.21. The number of hydrogen-bond donors (Lipinski definition) is 4. The molecule has 24 heavy (non-hydrogen) atoms. The Labute approximate surface area is 137 Å². The fraction of sp³-hybridized carbons (Fsp3) is 0.385. The molecule has 0 saturated carbocycles. The highest BCUT2D eigenvalue weighted by molar-refractivity contribution is 7.39. The van der Waals surface area contributed by atoms with Crippen LogP contribution in [0.1, 0.15) is 12.8 Å². The number of hydrogen-bond acceptors (Lipinski definition) is 6. The maximum Gasteiger partial charge on any atom is 0.307 e. The molecule has 1 aromatic rings. The summed E-state index contributed by atoms with van der Waals surface area (Å²) < 4.78 is 11.5. The predicted molar refractivity (Wildman–Crippen MR) is 84.6 cm³/mol. The van der Waals surface area contributed by atoms with Gasteiger partial charge in [0, 0.05) is 19.0 Å². The maximum absolute atomic E-state index is 11.5. The number of anilines is 1. The summed E-state index contributed by atoms with van der Waals surface area (Å²) in [7, 11) is -3.32. The smallest absolute Gasteiger partial charge is 0.307 e. The molecular weight excluding hydrogens is 343 g/mol. The number of carbonyl (C=O) groups is 2. The van der Waals surface area contributed by atoms with Gasteiger partial charge in [-0.3, -0.25) is 24.3 Å². The van der Waals surface area contributed by atoms with Crippen molar-refractivity contribution in [2.75, 3.05) is 11.9 Å². The first-order chi connectivity index (χ1) is 11.2.